The number of nitrogens with one attached hydrogen (secondary N) is 2. The van der Waals surface area contributed by atoms with Crippen LogP contribution < -0.4 is 20.1 Å². The first-order valence-corrected chi connectivity index (χ1v) is 8.38. The lowest BCUT2D eigenvalue weighted by Crippen LogP contribution is -2.48. The Morgan fingerprint density at radius 3 is 2.92 bits per heavy atom. The molecule has 1 atom stereocenters. The largest absolute Gasteiger partial charge is 0.454 e. The van der Waals surface area contributed by atoms with Crippen LogP contribution in [-0.4, -0.2) is 70.6 Å². The van der Waals surface area contributed by atoms with Crippen molar-refractivity contribution in [2.75, 3.05) is 53.7 Å². The monoisotopic (exact) mass is 462 g/mol. The first-order chi connectivity index (χ1) is 11.7. The summed E-state index contributed by atoms with van der Waals surface area (Å²) < 4.78 is 16.5. The Hall–Kier alpha value is -1.26. The summed E-state index contributed by atoms with van der Waals surface area (Å²) >= 11 is 0. The van der Waals surface area contributed by atoms with Gasteiger partial charge in [-0.15, -0.1) is 24.0 Å². The molecule has 7 nitrogen and oxygen atoms in total. The average Bonchev–Trinajstić information content (AvgIpc) is 3.05. The topological polar surface area (TPSA) is 67.4 Å². The number of likely N-dealkylation sites (N-methyl/N-ethyl adjacent to an activating group) is 1. The summed E-state index contributed by atoms with van der Waals surface area (Å²) in [4.78, 5) is 6.54. The van der Waals surface area contributed by atoms with Crippen LogP contribution in [-0.2, 0) is 11.2 Å². The minimum Gasteiger partial charge on any atom is -0.454 e. The first-order valence-electron chi connectivity index (χ1n) is 8.38. The molecule has 1 unspecified atom stereocenters. The molecule has 2 aliphatic rings. The van der Waals surface area contributed by atoms with Crippen molar-refractivity contribution in [3.8, 4) is 11.5 Å². The fraction of sp³-hybridized carbons (Fsp3) is 0.588. The van der Waals surface area contributed by atoms with Gasteiger partial charge < -0.3 is 29.7 Å². The summed E-state index contributed by atoms with van der Waals surface area (Å²) in [5, 5.41) is 6.66. The molecule has 0 spiro atoms. The van der Waals surface area contributed by atoms with E-state index in [1.54, 1.807) is 7.05 Å². The number of benzene rings is 1. The third-order valence-corrected chi connectivity index (χ3v) is 4.21. The average molecular weight is 462 g/mol. The Bertz CT molecular complexity index is 585. The summed E-state index contributed by atoms with van der Waals surface area (Å²) in [5.41, 5.74) is 1.21. The highest BCUT2D eigenvalue weighted by molar-refractivity contribution is 14.0. The summed E-state index contributed by atoms with van der Waals surface area (Å²) in [6.07, 6.45) is 1.09. The van der Waals surface area contributed by atoms with Gasteiger partial charge in [0.25, 0.3) is 0 Å². The van der Waals surface area contributed by atoms with Gasteiger partial charge in [0.15, 0.2) is 17.5 Å². The number of aliphatic imine (C=N–C) groups is 1. The van der Waals surface area contributed by atoms with Crippen molar-refractivity contribution in [3.63, 3.8) is 0 Å². The highest BCUT2D eigenvalue weighted by atomic mass is 127. The van der Waals surface area contributed by atoms with E-state index in [-0.39, 0.29) is 30.1 Å². The number of nitrogens with zero attached hydrogens (tertiary/aromatic N) is 2. The lowest BCUT2D eigenvalue weighted by Gasteiger charge is -2.30. The van der Waals surface area contributed by atoms with Crippen LogP contribution in [0.1, 0.15) is 5.56 Å². The maximum atomic E-state index is 5.75. The molecule has 3 rings (SSSR count). The molecule has 0 bridgehead atoms. The Labute approximate surface area is 166 Å². The zero-order valence-corrected chi connectivity index (χ0v) is 17.1. The molecule has 140 valence electrons. The van der Waals surface area contributed by atoms with E-state index in [2.05, 4.69) is 33.6 Å². The fourth-order valence-electron chi connectivity index (χ4n) is 2.84. The number of rotatable bonds is 5. The van der Waals surface area contributed by atoms with Crippen molar-refractivity contribution in [1.82, 2.24) is 15.5 Å². The second kappa shape index (κ2) is 10.0. The number of ether oxygens (including phenoxy) is 3. The summed E-state index contributed by atoms with van der Waals surface area (Å²) in [5.74, 6) is 2.45. The van der Waals surface area contributed by atoms with E-state index in [1.165, 1.54) is 5.56 Å². The van der Waals surface area contributed by atoms with E-state index in [0.29, 0.717) is 6.79 Å². The predicted octanol–water partition coefficient (Wildman–Crippen LogP) is 1.07. The zero-order chi connectivity index (χ0) is 16.8. The van der Waals surface area contributed by atoms with Gasteiger partial charge in [-0.3, -0.25) is 4.99 Å². The lowest BCUT2D eigenvalue weighted by molar-refractivity contribution is -0.0161. The van der Waals surface area contributed by atoms with Gasteiger partial charge in [0, 0.05) is 33.2 Å². The molecule has 1 aromatic carbocycles. The van der Waals surface area contributed by atoms with Gasteiger partial charge in [0.05, 0.1) is 12.7 Å². The van der Waals surface area contributed by atoms with Crippen molar-refractivity contribution < 1.29 is 14.2 Å². The molecule has 0 aliphatic carbocycles. The maximum Gasteiger partial charge on any atom is 0.231 e. The van der Waals surface area contributed by atoms with Gasteiger partial charge in [-0.1, -0.05) is 6.07 Å². The van der Waals surface area contributed by atoms with Gasteiger partial charge in [-0.05, 0) is 31.2 Å². The molecule has 1 saturated heterocycles. The third kappa shape index (κ3) is 5.89. The minimum atomic E-state index is 0. The van der Waals surface area contributed by atoms with Gasteiger partial charge in [0.2, 0.25) is 6.79 Å². The van der Waals surface area contributed by atoms with E-state index >= 15 is 0 Å². The van der Waals surface area contributed by atoms with Gasteiger partial charge >= 0.3 is 0 Å². The van der Waals surface area contributed by atoms with Gasteiger partial charge in [0.1, 0.15) is 0 Å². The maximum absolute atomic E-state index is 5.75. The molecular weight excluding hydrogens is 435 g/mol. The Morgan fingerprint density at radius 1 is 1.28 bits per heavy atom. The third-order valence-electron chi connectivity index (χ3n) is 4.21. The zero-order valence-electron chi connectivity index (χ0n) is 14.8. The van der Waals surface area contributed by atoms with Crippen LogP contribution in [0.2, 0.25) is 0 Å². The molecule has 0 aromatic heterocycles. The fourth-order valence-corrected chi connectivity index (χ4v) is 2.84. The molecule has 2 N–H and O–H groups in total. The number of hydrogen-bond donors (Lipinski definition) is 2. The van der Waals surface area contributed by atoms with Crippen LogP contribution in [0.15, 0.2) is 23.2 Å². The highest BCUT2D eigenvalue weighted by Crippen LogP contribution is 2.32. The van der Waals surface area contributed by atoms with E-state index < -0.39 is 0 Å². The molecule has 1 fully saturated rings. The van der Waals surface area contributed by atoms with Gasteiger partial charge in [-0.2, -0.15) is 0 Å². The molecule has 2 aliphatic heterocycles. The number of halogens is 1. The van der Waals surface area contributed by atoms with Crippen LogP contribution in [0.5, 0.6) is 11.5 Å². The summed E-state index contributed by atoms with van der Waals surface area (Å²) in [6.45, 7) is 4.60. The summed E-state index contributed by atoms with van der Waals surface area (Å²) in [7, 11) is 3.90. The minimum absolute atomic E-state index is 0. The van der Waals surface area contributed by atoms with E-state index in [4.69, 9.17) is 14.2 Å². The van der Waals surface area contributed by atoms with Crippen molar-refractivity contribution in [2.45, 2.75) is 12.5 Å². The standard InChI is InChI=1S/C17H26N4O3.HI/c1-18-17(20-10-14-11-21(2)7-8-22-14)19-6-5-13-3-4-15-16(9-13)24-12-23-15;/h3-4,9,14H,5-8,10-12H2,1-2H3,(H2,18,19,20);1H. The van der Waals surface area contributed by atoms with Crippen LogP contribution in [0.3, 0.4) is 0 Å². The smallest absolute Gasteiger partial charge is 0.231 e. The second-order valence-electron chi connectivity index (χ2n) is 6.07. The molecule has 0 amide bonds. The van der Waals surface area contributed by atoms with Crippen LogP contribution >= 0.6 is 24.0 Å². The van der Waals surface area contributed by atoms with Crippen molar-refractivity contribution >= 4 is 29.9 Å². The SMILES string of the molecule is CN=C(NCCc1ccc2c(c1)OCO2)NCC1CN(C)CCO1.I. The molecule has 8 heteroatoms. The van der Waals surface area contributed by atoms with Gasteiger partial charge in [-0.25, -0.2) is 0 Å². The van der Waals surface area contributed by atoms with Crippen LogP contribution in [0.25, 0.3) is 0 Å². The molecule has 25 heavy (non-hydrogen) atoms. The quantitative estimate of drug-likeness (QED) is 0.388. The van der Waals surface area contributed by atoms with E-state index in [1.807, 2.05) is 12.1 Å². The first kappa shape index (κ1) is 20.1. The van der Waals surface area contributed by atoms with E-state index in [0.717, 1.165) is 56.7 Å². The normalized spacial score (nSPS) is 20.1. The van der Waals surface area contributed by atoms with Crippen LogP contribution in [0, 0.1) is 0 Å². The Balaban J connectivity index is 0.00000225. The van der Waals surface area contributed by atoms with Crippen LogP contribution in [0.4, 0.5) is 0 Å². The number of guanidine groups is 1. The lowest BCUT2D eigenvalue weighted by atomic mass is 10.1. The predicted molar refractivity (Wildman–Crippen MR) is 108 cm³/mol. The second-order valence-corrected chi connectivity index (χ2v) is 6.07. The van der Waals surface area contributed by atoms with Crippen molar-refractivity contribution in [2.24, 2.45) is 4.99 Å². The molecule has 0 saturated carbocycles. The molecule has 2 heterocycles. The molecular formula is C17H27IN4O3. The number of morpholine rings is 1. The number of fused-ring (bicyclic) bond motifs is 1. The van der Waals surface area contributed by atoms with Crippen molar-refractivity contribution in [1.29, 1.82) is 0 Å². The number of hydrogen-bond acceptors (Lipinski definition) is 5. The molecule has 1 aromatic rings. The molecule has 0 radical (unpaired) electrons. The Kier molecular flexibility index (Phi) is 8.04. The van der Waals surface area contributed by atoms with Crippen molar-refractivity contribution in [3.05, 3.63) is 23.8 Å². The highest BCUT2D eigenvalue weighted by Gasteiger charge is 2.17. The summed E-state index contributed by atoms with van der Waals surface area (Å²) in [6, 6.07) is 6.06. The Morgan fingerprint density at radius 2 is 2.12 bits per heavy atom. The van der Waals surface area contributed by atoms with E-state index in [9.17, 15) is 0 Å².